The van der Waals surface area contributed by atoms with Gasteiger partial charge in [0.25, 0.3) is 0 Å². The molecule has 28 heavy (non-hydrogen) atoms. The van der Waals surface area contributed by atoms with Crippen LogP contribution >= 0.6 is 23.2 Å². The van der Waals surface area contributed by atoms with Crippen LogP contribution in [-0.4, -0.2) is 28.9 Å². The van der Waals surface area contributed by atoms with Gasteiger partial charge in [-0.1, -0.05) is 65.7 Å². The lowest BCUT2D eigenvalue weighted by molar-refractivity contribution is 0.312. The molecule has 2 aromatic carbocycles. The molecule has 0 saturated carbocycles. The molecule has 1 heterocycles. The Kier molecular flexibility index (Phi) is 7.46. The molecule has 3 rings (SSSR count). The van der Waals surface area contributed by atoms with Crippen molar-refractivity contribution in [3.05, 3.63) is 99.3 Å². The Bertz CT molecular complexity index is 822. The van der Waals surface area contributed by atoms with Gasteiger partial charge in [-0.05, 0) is 49.0 Å². The molecule has 5 heteroatoms. The molecule has 0 bridgehead atoms. The summed E-state index contributed by atoms with van der Waals surface area (Å²) in [5.74, 6) is 0. The smallest absolute Gasteiger partial charge is 0.0544 e. The SMILES string of the molecule is CN(Cc1ccc(CN(C)Cc2ccccc2Cl)nc1)Cc1ccccc1Cl. The van der Waals surface area contributed by atoms with Gasteiger partial charge in [0.2, 0.25) is 0 Å². The monoisotopic (exact) mass is 413 g/mol. The van der Waals surface area contributed by atoms with Gasteiger partial charge in [0.1, 0.15) is 0 Å². The first-order valence-electron chi connectivity index (χ1n) is 9.29. The third-order valence-electron chi connectivity index (χ3n) is 4.57. The summed E-state index contributed by atoms with van der Waals surface area (Å²) in [6, 6.07) is 20.2. The highest BCUT2D eigenvalue weighted by molar-refractivity contribution is 6.31. The van der Waals surface area contributed by atoms with Crippen LogP contribution in [0.15, 0.2) is 66.9 Å². The summed E-state index contributed by atoms with van der Waals surface area (Å²) in [4.78, 5) is 9.09. The summed E-state index contributed by atoms with van der Waals surface area (Å²) in [7, 11) is 4.17. The summed E-state index contributed by atoms with van der Waals surface area (Å²) >= 11 is 12.5. The van der Waals surface area contributed by atoms with E-state index in [2.05, 4.69) is 53.1 Å². The Hall–Kier alpha value is -1.91. The molecule has 0 radical (unpaired) electrons. The maximum absolute atomic E-state index is 6.26. The number of hydrogen-bond acceptors (Lipinski definition) is 3. The van der Waals surface area contributed by atoms with Crippen molar-refractivity contribution >= 4 is 23.2 Å². The molecule has 0 saturated heterocycles. The highest BCUT2D eigenvalue weighted by Crippen LogP contribution is 2.18. The second-order valence-corrected chi connectivity index (χ2v) is 8.00. The lowest BCUT2D eigenvalue weighted by Gasteiger charge is -2.19. The van der Waals surface area contributed by atoms with Crippen LogP contribution in [0.5, 0.6) is 0 Å². The van der Waals surface area contributed by atoms with Crippen molar-refractivity contribution < 1.29 is 0 Å². The van der Waals surface area contributed by atoms with Gasteiger partial charge in [0.15, 0.2) is 0 Å². The predicted molar refractivity (Wildman–Crippen MR) is 117 cm³/mol. The van der Waals surface area contributed by atoms with Crippen molar-refractivity contribution in [1.29, 1.82) is 0 Å². The van der Waals surface area contributed by atoms with Crippen LogP contribution in [0.25, 0.3) is 0 Å². The largest absolute Gasteiger partial charge is 0.298 e. The molecule has 0 aliphatic carbocycles. The first-order valence-corrected chi connectivity index (χ1v) is 10.0. The van der Waals surface area contributed by atoms with Crippen molar-refractivity contribution in [2.75, 3.05) is 14.1 Å². The number of halogens is 2. The van der Waals surface area contributed by atoms with Crippen LogP contribution in [0.4, 0.5) is 0 Å². The van der Waals surface area contributed by atoms with Crippen molar-refractivity contribution in [1.82, 2.24) is 14.8 Å². The lowest BCUT2D eigenvalue weighted by Crippen LogP contribution is -2.19. The highest BCUT2D eigenvalue weighted by Gasteiger charge is 2.08. The van der Waals surface area contributed by atoms with Crippen LogP contribution in [0, 0.1) is 0 Å². The molecular formula is C23H25Cl2N3. The normalized spacial score (nSPS) is 11.4. The number of benzene rings is 2. The van der Waals surface area contributed by atoms with Gasteiger partial charge in [-0.25, -0.2) is 0 Å². The first kappa shape index (κ1) is 20.8. The van der Waals surface area contributed by atoms with Gasteiger partial charge in [-0.3, -0.25) is 14.8 Å². The number of rotatable bonds is 8. The molecule has 0 spiro atoms. The quantitative estimate of drug-likeness (QED) is 0.475. The summed E-state index contributed by atoms with van der Waals surface area (Å²) < 4.78 is 0. The summed E-state index contributed by atoms with van der Waals surface area (Å²) in [6.07, 6.45) is 1.96. The minimum absolute atomic E-state index is 0.779. The van der Waals surface area contributed by atoms with Crippen molar-refractivity contribution in [2.24, 2.45) is 0 Å². The molecule has 0 atom stereocenters. The second kappa shape index (κ2) is 10.0. The fourth-order valence-electron chi connectivity index (χ4n) is 3.18. The molecule has 1 aromatic heterocycles. The van der Waals surface area contributed by atoms with Crippen molar-refractivity contribution in [2.45, 2.75) is 26.2 Å². The van der Waals surface area contributed by atoms with E-state index in [0.29, 0.717) is 0 Å². The first-order chi connectivity index (χ1) is 13.5. The fraction of sp³-hybridized carbons (Fsp3) is 0.261. The van der Waals surface area contributed by atoms with E-state index in [4.69, 9.17) is 23.2 Å². The lowest BCUT2D eigenvalue weighted by atomic mass is 10.2. The average Bonchev–Trinajstić information content (AvgIpc) is 2.67. The molecule has 0 amide bonds. The van der Waals surface area contributed by atoms with E-state index in [1.165, 1.54) is 5.56 Å². The third kappa shape index (κ3) is 6.05. The maximum Gasteiger partial charge on any atom is 0.0544 e. The molecule has 3 nitrogen and oxygen atoms in total. The second-order valence-electron chi connectivity index (χ2n) is 7.19. The zero-order valence-electron chi connectivity index (χ0n) is 16.3. The van der Waals surface area contributed by atoms with Crippen molar-refractivity contribution in [3.63, 3.8) is 0 Å². The van der Waals surface area contributed by atoms with E-state index < -0.39 is 0 Å². The summed E-state index contributed by atoms with van der Waals surface area (Å²) in [6.45, 7) is 3.21. The summed E-state index contributed by atoms with van der Waals surface area (Å²) in [5.41, 5.74) is 4.50. The van der Waals surface area contributed by atoms with Crippen LogP contribution in [0.2, 0.25) is 10.0 Å². The topological polar surface area (TPSA) is 19.4 Å². The Balaban J connectivity index is 1.53. The third-order valence-corrected chi connectivity index (χ3v) is 5.30. The standard InChI is InChI=1S/C23H25Cl2N3/c1-27(15-19-7-3-5-9-22(19)24)14-18-11-12-21(26-13-18)17-28(2)16-20-8-4-6-10-23(20)25/h3-13H,14-17H2,1-2H3. The fourth-order valence-corrected chi connectivity index (χ4v) is 3.57. The number of aromatic nitrogens is 1. The molecule has 0 N–H and O–H groups in total. The highest BCUT2D eigenvalue weighted by atomic mass is 35.5. The van der Waals surface area contributed by atoms with Gasteiger partial charge < -0.3 is 0 Å². The zero-order valence-corrected chi connectivity index (χ0v) is 17.8. The molecule has 0 aliphatic heterocycles. The van der Waals surface area contributed by atoms with Gasteiger partial charge >= 0.3 is 0 Å². The Labute approximate surface area is 177 Å². The molecule has 0 unspecified atom stereocenters. The van der Waals surface area contributed by atoms with Crippen LogP contribution in [0.3, 0.4) is 0 Å². The van der Waals surface area contributed by atoms with E-state index in [9.17, 15) is 0 Å². The molecular weight excluding hydrogens is 389 g/mol. The zero-order chi connectivity index (χ0) is 19.9. The molecule has 3 aromatic rings. The van der Waals surface area contributed by atoms with Crippen LogP contribution in [0.1, 0.15) is 22.4 Å². The van der Waals surface area contributed by atoms with Crippen molar-refractivity contribution in [3.8, 4) is 0 Å². The van der Waals surface area contributed by atoms with Gasteiger partial charge in [0.05, 0.1) is 5.69 Å². The Morgan fingerprint density at radius 2 is 1.21 bits per heavy atom. The van der Waals surface area contributed by atoms with Gasteiger partial charge in [-0.2, -0.15) is 0 Å². The van der Waals surface area contributed by atoms with E-state index in [1.54, 1.807) is 0 Å². The number of pyridine rings is 1. The molecule has 0 aliphatic rings. The molecule has 0 fully saturated rings. The number of nitrogens with zero attached hydrogens (tertiary/aromatic N) is 3. The van der Waals surface area contributed by atoms with Crippen LogP contribution < -0.4 is 0 Å². The minimum Gasteiger partial charge on any atom is -0.298 e. The molecule has 146 valence electrons. The Morgan fingerprint density at radius 3 is 1.71 bits per heavy atom. The maximum atomic E-state index is 6.26. The summed E-state index contributed by atoms with van der Waals surface area (Å²) in [5, 5.41) is 1.61. The van der Waals surface area contributed by atoms with E-state index in [0.717, 1.165) is 53.0 Å². The van der Waals surface area contributed by atoms with Crippen LogP contribution in [-0.2, 0) is 26.2 Å². The minimum atomic E-state index is 0.779. The number of hydrogen-bond donors (Lipinski definition) is 0. The van der Waals surface area contributed by atoms with E-state index in [-0.39, 0.29) is 0 Å². The average molecular weight is 414 g/mol. The van der Waals surface area contributed by atoms with Gasteiger partial charge in [0, 0.05) is 42.4 Å². The van der Waals surface area contributed by atoms with E-state index >= 15 is 0 Å². The predicted octanol–water partition coefficient (Wildman–Crippen LogP) is 5.65. The van der Waals surface area contributed by atoms with E-state index in [1.807, 2.05) is 42.6 Å². The van der Waals surface area contributed by atoms with Gasteiger partial charge in [-0.15, -0.1) is 0 Å². The Morgan fingerprint density at radius 1 is 0.679 bits per heavy atom.